The molecule has 7 nitrogen and oxygen atoms in total. The molecule has 2 heterocycles. The van der Waals surface area contributed by atoms with E-state index in [-0.39, 0.29) is 5.82 Å². The zero-order valence-corrected chi connectivity index (χ0v) is 14.3. The molecule has 0 bridgehead atoms. The van der Waals surface area contributed by atoms with E-state index in [9.17, 15) is 9.59 Å². The molecule has 0 unspecified atom stereocenters. The first-order valence-corrected chi connectivity index (χ1v) is 7.98. The Morgan fingerprint density at radius 3 is 2.61 bits per heavy atom. The summed E-state index contributed by atoms with van der Waals surface area (Å²) in [6.45, 7) is 6.65. The lowest BCUT2D eigenvalue weighted by molar-refractivity contribution is -0.135. The number of aromatic nitrogens is 2. The number of carboxylic acids is 1. The minimum Gasteiger partial charge on any atom is -0.480 e. The average molecular weight is 337 g/mol. The van der Waals surface area contributed by atoms with Crippen LogP contribution in [0.25, 0.3) is 10.2 Å². The Labute approximate surface area is 137 Å². The summed E-state index contributed by atoms with van der Waals surface area (Å²) in [5, 5.41) is 9.78. The van der Waals surface area contributed by atoms with Gasteiger partial charge in [-0.15, -0.1) is 11.3 Å². The molecule has 124 valence electrons. The molecule has 23 heavy (non-hydrogen) atoms. The number of carbonyl (C=O) groups is 2. The van der Waals surface area contributed by atoms with E-state index in [0.29, 0.717) is 10.2 Å². The molecule has 0 aromatic carbocycles. The van der Waals surface area contributed by atoms with Crippen LogP contribution < -0.4 is 4.90 Å². The van der Waals surface area contributed by atoms with Gasteiger partial charge in [0, 0.05) is 4.88 Å². The second kappa shape index (κ2) is 6.49. The van der Waals surface area contributed by atoms with E-state index < -0.39 is 24.2 Å². The van der Waals surface area contributed by atoms with Crippen molar-refractivity contribution in [1.29, 1.82) is 0 Å². The van der Waals surface area contributed by atoms with Crippen LogP contribution in [0.15, 0.2) is 12.4 Å². The molecular weight excluding hydrogens is 318 g/mol. The summed E-state index contributed by atoms with van der Waals surface area (Å²) in [4.78, 5) is 34.7. The van der Waals surface area contributed by atoms with Gasteiger partial charge in [-0.2, -0.15) is 0 Å². The van der Waals surface area contributed by atoms with Gasteiger partial charge in [0.1, 0.15) is 23.3 Å². The van der Waals surface area contributed by atoms with Gasteiger partial charge in [0.15, 0.2) is 5.82 Å². The number of rotatable bonds is 4. The number of aliphatic carboxylic acids is 1. The molecule has 0 aliphatic heterocycles. The Morgan fingerprint density at radius 2 is 2.04 bits per heavy atom. The van der Waals surface area contributed by atoms with Crippen LogP contribution in [0.2, 0.25) is 0 Å². The van der Waals surface area contributed by atoms with Crippen molar-refractivity contribution in [2.24, 2.45) is 0 Å². The van der Waals surface area contributed by atoms with E-state index in [1.165, 1.54) is 17.7 Å². The average Bonchev–Trinajstić information content (AvgIpc) is 2.85. The minimum atomic E-state index is -1.14. The first-order valence-electron chi connectivity index (χ1n) is 7.17. The number of fused-ring (bicyclic) bond motifs is 1. The van der Waals surface area contributed by atoms with E-state index in [0.717, 1.165) is 16.2 Å². The lowest BCUT2D eigenvalue weighted by atomic mass is 10.2. The van der Waals surface area contributed by atoms with Crippen molar-refractivity contribution in [3.63, 3.8) is 0 Å². The fourth-order valence-corrected chi connectivity index (χ4v) is 2.89. The molecule has 1 amide bonds. The number of carboxylic acid groups (broad SMARTS) is 1. The summed E-state index contributed by atoms with van der Waals surface area (Å²) >= 11 is 1.50. The van der Waals surface area contributed by atoms with Gasteiger partial charge in [-0.1, -0.05) is 6.92 Å². The van der Waals surface area contributed by atoms with Crippen molar-refractivity contribution in [3.05, 3.63) is 17.3 Å². The summed E-state index contributed by atoms with van der Waals surface area (Å²) in [6, 6.07) is 1.88. The Bertz CT molecular complexity index is 736. The molecule has 0 aliphatic rings. The van der Waals surface area contributed by atoms with Crippen LogP contribution in [0.4, 0.5) is 10.6 Å². The molecule has 0 atom stereocenters. The van der Waals surface area contributed by atoms with Crippen LogP contribution in [0.1, 0.15) is 32.6 Å². The highest BCUT2D eigenvalue weighted by atomic mass is 32.1. The van der Waals surface area contributed by atoms with Crippen LogP contribution >= 0.6 is 11.3 Å². The first-order chi connectivity index (χ1) is 10.7. The SMILES string of the molecule is CCc1cc2c(N(CC(=O)O)C(=O)OC(C)(C)C)ncnc2s1. The molecule has 2 aromatic heterocycles. The summed E-state index contributed by atoms with van der Waals surface area (Å²) in [6.07, 6.45) is 1.41. The van der Waals surface area contributed by atoms with Gasteiger partial charge in [-0.3, -0.25) is 4.79 Å². The fraction of sp³-hybridized carbons (Fsp3) is 0.467. The summed E-state index contributed by atoms with van der Waals surface area (Å²) < 4.78 is 5.30. The zero-order valence-electron chi connectivity index (χ0n) is 13.5. The van der Waals surface area contributed by atoms with E-state index in [1.807, 2.05) is 13.0 Å². The molecule has 0 saturated heterocycles. The monoisotopic (exact) mass is 337 g/mol. The number of hydrogen-bond donors (Lipinski definition) is 1. The number of carbonyl (C=O) groups excluding carboxylic acids is 1. The van der Waals surface area contributed by atoms with Crippen molar-refractivity contribution < 1.29 is 19.4 Å². The summed E-state index contributed by atoms with van der Waals surface area (Å²) in [5.41, 5.74) is -0.733. The number of nitrogens with zero attached hydrogens (tertiary/aromatic N) is 3. The minimum absolute atomic E-state index is 0.252. The summed E-state index contributed by atoms with van der Waals surface area (Å²) in [5.74, 6) is -0.892. The van der Waals surface area contributed by atoms with Gasteiger partial charge in [-0.25, -0.2) is 19.7 Å². The molecule has 0 fully saturated rings. The lowest BCUT2D eigenvalue weighted by Crippen LogP contribution is -2.40. The smallest absolute Gasteiger partial charge is 0.416 e. The quantitative estimate of drug-likeness (QED) is 0.921. The number of thiophene rings is 1. The highest BCUT2D eigenvalue weighted by Crippen LogP contribution is 2.31. The Hall–Kier alpha value is -2.22. The molecule has 0 aliphatic carbocycles. The molecule has 0 radical (unpaired) electrons. The Morgan fingerprint density at radius 1 is 1.35 bits per heavy atom. The molecule has 1 N–H and O–H groups in total. The fourth-order valence-electron chi connectivity index (χ4n) is 1.96. The van der Waals surface area contributed by atoms with Gasteiger partial charge in [0.25, 0.3) is 0 Å². The standard InChI is InChI=1S/C15H19N3O4S/c1-5-9-6-10-12(16-8-17-13(10)23-9)18(7-11(19)20)14(21)22-15(2,3)4/h6,8H,5,7H2,1-4H3,(H,19,20). The van der Waals surface area contributed by atoms with Gasteiger partial charge < -0.3 is 9.84 Å². The highest BCUT2D eigenvalue weighted by Gasteiger charge is 2.28. The van der Waals surface area contributed by atoms with Crippen molar-refractivity contribution in [1.82, 2.24) is 9.97 Å². The second-order valence-corrected chi connectivity index (χ2v) is 7.06. The van der Waals surface area contributed by atoms with Crippen LogP contribution in [0.5, 0.6) is 0 Å². The van der Waals surface area contributed by atoms with E-state index in [2.05, 4.69) is 9.97 Å². The third-order valence-electron chi connectivity index (χ3n) is 2.87. The summed E-state index contributed by atoms with van der Waals surface area (Å²) in [7, 11) is 0. The number of ether oxygens (including phenoxy) is 1. The van der Waals surface area contributed by atoms with Gasteiger partial charge in [-0.05, 0) is 33.3 Å². The van der Waals surface area contributed by atoms with Gasteiger partial charge >= 0.3 is 12.1 Å². The predicted molar refractivity (Wildman–Crippen MR) is 88.0 cm³/mol. The van der Waals surface area contributed by atoms with Crippen molar-refractivity contribution >= 4 is 39.4 Å². The van der Waals surface area contributed by atoms with Crippen molar-refractivity contribution in [2.75, 3.05) is 11.4 Å². The van der Waals surface area contributed by atoms with E-state index in [1.54, 1.807) is 20.8 Å². The van der Waals surface area contributed by atoms with Crippen LogP contribution in [0.3, 0.4) is 0 Å². The molecule has 0 saturated carbocycles. The van der Waals surface area contributed by atoms with Crippen LogP contribution in [0, 0.1) is 0 Å². The Balaban J connectivity index is 2.48. The first kappa shape index (κ1) is 17.1. The molecular formula is C15H19N3O4S. The Kier molecular flexibility index (Phi) is 4.84. The molecule has 2 rings (SSSR count). The number of hydrogen-bond acceptors (Lipinski definition) is 6. The molecule has 8 heteroatoms. The topological polar surface area (TPSA) is 92.6 Å². The lowest BCUT2D eigenvalue weighted by Gasteiger charge is -2.25. The predicted octanol–water partition coefficient (Wildman–Crippen LogP) is 3.08. The molecule has 2 aromatic rings. The zero-order chi connectivity index (χ0) is 17.2. The van der Waals surface area contributed by atoms with Crippen molar-refractivity contribution in [3.8, 4) is 0 Å². The number of aryl methyl sites for hydroxylation is 1. The number of amides is 1. The molecule has 0 spiro atoms. The van der Waals surface area contributed by atoms with E-state index >= 15 is 0 Å². The maximum absolute atomic E-state index is 12.4. The normalized spacial score (nSPS) is 11.5. The maximum atomic E-state index is 12.4. The highest BCUT2D eigenvalue weighted by molar-refractivity contribution is 7.18. The maximum Gasteiger partial charge on any atom is 0.416 e. The second-order valence-electron chi connectivity index (χ2n) is 5.94. The largest absolute Gasteiger partial charge is 0.480 e. The number of anilines is 1. The van der Waals surface area contributed by atoms with Gasteiger partial charge in [0.2, 0.25) is 0 Å². The van der Waals surface area contributed by atoms with Crippen molar-refractivity contribution in [2.45, 2.75) is 39.7 Å². The van der Waals surface area contributed by atoms with Crippen LogP contribution in [-0.4, -0.2) is 39.3 Å². The van der Waals surface area contributed by atoms with Crippen LogP contribution in [-0.2, 0) is 16.0 Å². The van der Waals surface area contributed by atoms with E-state index in [4.69, 9.17) is 9.84 Å². The van der Waals surface area contributed by atoms with Gasteiger partial charge in [0.05, 0.1) is 5.39 Å². The third-order valence-corrected chi connectivity index (χ3v) is 4.06. The third kappa shape index (κ3) is 4.16.